The summed E-state index contributed by atoms with van der Waals surface area (Å²) in [6.07, 6.45) is 2.06. The van der Waals surface area contributed by atoms with Crippen molar-refractivity contribution in [1.82, 2.24) is 4.90 Å². The van der Waals surface area contributed by atoms with Crippen molar-refractivity contribution in [3.63, 3.8) is 0 Å². The first kappa shape index (κ1) is 20.4. The monoisotopic (exact) mass is 400 g/mol. The summed E-state index contributed by atoms with van der Waals surface area (Å²) in [4.78, 5) is 15.0. The highest BCUT2D eigenvalue weighted by atomic mass is 32.2. The van der Waals surface area contributed by atoms with E-state index >= 15 is 0 Å². The Labute approximate surface area is 168 Å². The molecule has 150 valence electrons. The van der Waals surface area contributed by atoms with Crippen molar-refractivity contribution in [1.29, 1.82) is 0 Å². The number of carbonyl (C=O) groups excluding carboxylic acids is 1. The molecule has 5 nitrogen and oxygen atoms in total. The van der Waals surface area contributed by atoms with Gasteiger partial charge in [0.25, 0.3) is 10.0 Å². The van der Waals surface area contributed by atoms with Crippen LogP contribution in [-0.4, -0.2) is 38.9 Å². The number of carbonyl (C=O) groups is 1. The van der Waals surface area contributed by atoms with Gasteiger partial charge in [-0.15, -0.1) is 0 Å². The molecule has 1 saturated heterocycles. The van der Waals surface area contributed by atoms with Gasteiger partial charge in [0.2, 0.25) is 5.91 Å². The van der Waals surface area contributed by atoms with Gasteiger partial charge in [-0.05, 0) is 62.4 Å². The molecule has 0 bridgehead atoms. The molecule has 2 aromatic rings. The topological polar surface area (TPSA) is 57.7 Å². The molecule has 0 aliphatic carbocycles. The highest BCUT2D eigenvalue weighted by Crippen LogP contribution is 2.25. The zero-order valence-corrected chi connectivity index (χ0v) is 17.6. The number of likely N-dealkylation sites (tertiary alicyclic amines) is 1. The first-order valence-electron chi connectivity index (χ1n) is 9.71. The Morgan fingerprint density at radius 3 is 2.46 bits per heavy atom. The highest BCUT2D eigenvalue weighted by molar-refractivity contribution is 7.92. The smallest absolute Gasteiger partial charge is 0.264 e. The lowest BCUT2D eigenvalue weighted by Crippen LogP contribution is -2.46. The lowest BCUT2D eigenvalue weighted by Gasteiger charge is -2.33. The summed E-state index contributed by atoms with van der Waals surface area (Å²) in [6, 6.07) is 14.0. The number of hydrogen-bond acceptors (Lipinski definition) is 3. The summed E-state index contributed by atoms with van der Waals surface area (Å²) in [5.74, 6) is 0.294. The van der Waals surface area contributed by atoms with E-state index in [0.29, 0.717) is 24.7 Å². The van der Waals surface area contributed by atoms with Crippen molar-refractivity contribution >= 4 is 21.6 Å². The van der Waals surface area contributed by atoms with Crippen LogP contribution in [0.15, 0.2) is 53.4 Å². The zero-order valence-electron chi connectivity index (χ0n) is 16.8. The number of aryl methyl sites for hydroxylation is 2. The summed E-state index contributed by atoms with van der Waals surface area (Å²) in [6.45, 7) is 7.14. The van der Waals surface area contributed by atoms with E-state index in [1.165, 1.54) is 4.31 Å². The second-order valence-corrected chi connectivity index (χ2v) is 9.61. The van der Waals surface area contributed by atoms with E-state index in [0.717, 1.165) is 24.0 Å². The Balaban J connectivity index is 1.95. The van der Waals surface area contributed by atoms with E-state index in [9.17, 15) is 13.2 Å². The van der Waals surface area contributed by atoms with Crippen molar-refractivity contribution in [2.45, 2.75) is 38.5 Å². The fourth-order valence-corrected chi connectivity index (χ4v) is 4.98. The molecule has 0 unspecified atom stereocenters. The number of sulfonamides is 1. The predicted molar refractivity (Wildman–Crippen MR) is 112 cm³/mol. The number of nitrogens with zero attached hydrogens (tertiary/aromatic N) is 2. The second-order valence-electron chi connectivity index (χ2n) is 7.75. The molecule has 2 aromatic carbocycles. The number of rotatable bonds is 5. The Bertz CT molecular complexity index is 939. The first-order valence-corrected chi connectivity index (χ1v) is 11.2. The lowest BCUT2D eigenvalue weighted by molar-refractivity contribution is -0.131. The van der Waals surface area contributed by atoms with Gasteiger partial charge in [-0.3, -0.25) is 9.10 Å². The maximum atomic E-state index is 13.4. The zero-order chi connectivity index (χ0) is 20.3. The summed E-state index contributed by atoms with van der Waals surface area (Å²) in [5.41, 5.74) is 2.44. The molecule has 3 rings (SSSR count). The summed E-state index contributed by atoms with van der Waals surface area (Å²) in [7, 11) is -3.85. The maximum absolute atomic E-state index is 13.4. The molecule has 28 heavy (non-hydrogen) atoms. The number of amides is 1. The second kappa shape index (κ2) is 8.35. The number of anilines is 1. The van der Waals surface area contributed by atoms with E-state index in [4.69, 9.17) is 0 Å². The summed E-state index contributed by atoms with van der Waals surface area (Å²) in [5, 5.41) is 0. The van der Waals surface area contributed by atoms with Crippen molar-refractivity contribution in [2.24, 2.45) is 5.92 Å². The fourth-order valence-electron chi connectivity index (χ4n) is 3.57. The molecule has 1 amide bonds. The molecule has 1 atom stereocenters. The molecule has 0 radical (unpaired) electrons. The Hall–Kier alpha value is -2.34. The maximum Gasteiger partial charge on any atom is 0.264 e. The summed E-state index contributed by atoms with van der Waals surface area (Å²) < 4.78 is 28.0. The van der Waals surface area contributed by atoms with Crippen molar-refractivity contribution in [3.05, 3.63) is 59.7 Å². The van der Waals surface area contributed by atoms with Crippen LogP contribution >= 0.6 is 0 Å². The highest BCUT2D eigenvalue weighted by Gasteiger charge is 2.30. The van der Waals surface area contributed by atoms with E-state index < -0.39 is 10.0 Å². The van der Waals surface area contributed by atoms with Gasteiger partial charge >= 0.3 is 0 Å². The van der Waals surface area contributed by atoms with Gasteiger partial charge in [-0.25, -0.2) is 8.42 Å². The third-order valence-corrected chi connectivity index (χ3v) is 6.98. The van der Waals surface area contributed by atoms with Crippen molar-refractivity contribution in [3.8, 4) is 0 Å². The number of hydrogen-bond donors (Lipinski definition) is 0. The van der Waals surface area contributed by atoms with Crippen LogP contribution in [0.2, 0.25) is 0 Å². The minimum Gasteiger partial charge on any atom is -0.341 e. The van der Waals surface area contributed by atoms with Gasteiger partial charge in [-0.2, -0.15) is 0 Å². The molecule has 0 spiro atoms. The van der Waals surface area contributed by atoms with E-state index in [1.54, 1.807) is 41.3 Å². The van der Waals surface area contributed by atoms with Crippen LogP contribution in [0.1, 0.15) is 30.9 Å². The minimum absolute atomic E-state index is 0.149. The van der Waals surface area contributed by atoms with Gasteiger partial charge in [-0.1, -0.05) is 36.8 Å². The standard InChI is InChI=1S/C22H28N2O3S/c1-17-9-11-21(12-10-17)28(26,27)24(20-8-4-6-18(2)14-20)16-22(25)23-13-5-7-19(3)15-23/h4,6,8-12,14,19H,5,7,13,15-16H2,1-3H3/t19-/m0/s1. The lowest BCUT2D eigenvalue weighted by atomic mass is 10.0. The van der Waals surface area contributed by atoms with Crippen LogP contribution in [0.4, 0.5) is 5.69 Å². The van der Waals surface area contributed by atoms with E-state index in [-0.39, 0.29) is 17.3 Å². The van der Waals surface area contributed by atoms with Crippen LogP contribution in [0.3, 0.4) is 0 Å². The van der Waals surface area contributed by atoms with Crippen LogP contribution < -0.4 is 4.31 Å². The average molecular weight is 401 g/mol. The van der Waals surface area contributed by atoms with Crippen LogP contribution in [-0.2, 0) is 14.8 Å². The Morgan fingerprint density at radius 2 is 1.82 bits per heavy atom. The molecule has 1 heterocycles. The third-order valence-electron chi connectivity index (χ3n) is 5.19. The fraction of sp³-hybridized carbons (Fsp3) is 0.409. The van der Waals surface area contributed by atoms with E-state index in [2.05, 4.69) is 6.92 Å². The molecule has 1 fully saturated rings. The Morgan fingerprint density at radius 1 is 1.11 bits per heavy atom. The minimum atomic E-state index is -3.85. The van der Waals surface area contributed by atoms with Gasteiger partial charge < -0.3 is 4.90 Å². The van der Waals surface area contributed by atoms with Gasteiger partial charge in [0.15, 0.2) is 0 Å². The Kier molecular flexibility index (Phi) is 6.08. The van der Waals surface area contributed by atoms with Gasteiger partial charge in [0, 0.05) is 13.1 Å². The van der Waals surface area contributed by atoms with Crippen molar-refractivity contribution in [2.75, 3.05) is 23.9 Å². The number of benzene rings is 2. The van der Waals surface area contributed by atoms with Crippen molar-refractivity contribution < 1.29 is 13.2 Å². The largest absolute Gasteiger partial charge is 0.341 e. The third kappa shape index (κ3) is 4.55. The average Bonchev–Trinajstić information content (AvgIpc) is 2.66. The molecular formula is C22H28N2O3S. The van der Waals surface area contributed by atoms with Gasteiger partial charge in [0.05, 0.1) is 10.6 Å². The van der Waals surface area contributed by atoms with E-state index in [1.807, 2.05) is 26.0 Å². The normalized spacial score (nSPS) is 17.4. The molecular weight excluding hydrogens is 372 g/mol. The molecule has 0 aromatic heterocycles. The summed E-state index contributed by atoms with van der Waals surface area (Å²) >= 11 is 0. The van der Waals surface area contributed by atoms with Crippen LogP contribution in [0, 0.1) is 19.8 Å². The molecule has 0 N–H and O–H groups in total. The quantitative estimate of drug-likeness (QED) is 0.768. The first-order chi connectivity index (χ1) is 13.3. The molecule has 0 saturated carbocycles. The molecule has 1 aliphatic rings. The number of piperidine rings is 1. The predicted octanol–water partition coefficient (Wildman–Crippen LogP) is 3.76. The van der Waals surface area contributed by atoms with Gasteiger partial charge in [0.1, 0.15) is 6.54 Å². The SMILES string of the molecule is Cc1ccc(S(=O)(=O)N(CC(=O)N2CCC[C@H](C)C2)c2cccc(C)c2)cc1. The van der Waals surface area contributed by atoms with Crippen LogP contribution in [0.5, 0.6) is 0 Å². The molecule has 1 aliphatic heterocycles. The molecule has 6 heteroatoms. The van der Waals surface area contributed by atoms with Crippen LogP contribution in [0.25, 0.3) is 0 Å².